The van der Waals surface area contributed by atoms with Crippen molar-refractivity contribution in [1.29, 1.82) is 0 Å². The first kappa shape index (κ1) is 16.6. The number of ether oxygens (including phenoxy) is 2. The van der Waals surface area contributed by atoms with Crippen LogP contribution in [-0.4, -0.2) is 44.3 Å². The van der Waals surface area contributed by atoms with Gasteiger partial charge in [-0.25, -0.2) is 4.79 Å². The van der Waals surface area contributed by atoms with Gasteiger partial charge in [0.1, 0.15) is 5.75 Å². The largest absolute Gasteiger partial charge is 0.496 e. The van der Waals surface area contributed by atoms with Crippen LogP contribution in [0.4, 0.5) is 4.79 Å². The van der Waals surface area contributed by atoms with Crippen LogP contribution in [0.5, 0.6) is 5.75 Å². The van der Waals surface area contributed by atoms with E-state index in [1.165, 1.54) is 12.7 Å². The Balaban J connectivity index is 1.89. The van der Waals surface area contributed by atoms with Crippen LogP contribution in [0.15, 0.2) is 18.2 Å². The number of piperidine rings is 1. The van der Waals surface area contributed by atoms with E-state index in [2.05, 4.69) is 31.3 Å². The van der Waals surface area contributed by atoms with Gasteiger partial charge >= 0.3 is 6.09 Å². The van der Waals surface area contributed by atoms with Crippen LogP contribution in [0.25, 0.3) is 0 Å². The lowest BCUT2D eigenvalue weighted by Crippen LogP contribution is -2.45. The summed E-state index contributed by atoms with van der Waals surface area (Å²) in [6.07, 6.45) is 1.68. The lowest BCUT2D eigenvalue weighted by atomic mass is 10.0. The number of benzene rings is 1. The zero-order valence-electron chi connectivity index (χ0n) is 13.9. The van der Waals surface area contributed by atoms with E-state index in [4.69, 9.17) is 9.47 Å². The van der Waals surface area contributed by atoms with Gasteiger partial charge in [0.15, 0.2) is 0 Å². The van der Waals surface area contributed by atoms with Gasteiger partial charge in [0.05, 0.1) is 14.2 Å². The first-order valence-electron chi connectivity index (χ1n) is 7.78. The number of hydrogen-bond donors (Lipinski definition) is 1. The monoisotopic (exact) mass is 306 g/mol. The minimum Gasteiger partial charge on any atom is -0.496 e. The van der Waals surface area contributed by atoms with E-state index in [1.807, 2.05) is 6.07 Å². The van der Waals surface area contributed by atoms with E-state index < -0.39 is 0 Å². The van der Waals surface area contributed by atoms with Gasteiger partial charge in [-0.05, 0) is 43.9 Å². The number of carbonyl (C=O) groups is 1. The maximum absolute atomic E-state index is 11.5. The quantitative estimate of drug-likeness (QED) is 0.929. The molecule has 122 valence electrons. The summed E-state index contributed by atoms with van der Waals surface area (Å²) >= 11 is 0. The van der Waals surface area contributed by atoms with E-state index in [9.17, 15) is 4.79 Å². The summed E-state index contributed by atoms with van der Waals surface area (Å²) in [6, 6.07) is 6.99. The van der Waals surface area contributed by atoms with Gasteiger partial charge < -0.3 is 19.7 Å². The molecule has 0 unspecified atom stereocenters. The molecule has 22 heavy (non-hydrogen) atoms. The molecule has 1 fully saturated rings. The predicted molar refractivity (Wildman–Crippen MR) is 86.3 cm³/mol. The smallest absolute Gasteiger partial charge is 0.409 e. The second-order valence-corrected chi connectivity index (χ2v) is 5.85. The molecule has 1 heterocycles. The van der Waals surface area contributed by atoms with Gasteiger partial charge in [0.25, 0.3) is 0 Å². The first-order chi connectivity index (χ1) is 10.5. The SMILES string of the molecule is COC(=O)N1CCC(N[C@@H](C)c2ccc(OC)c(C)c2)CC1. The van der Waals surface area contributed by atoms with E-state index in [-0.39, 0.29) is 12.1 Å². The van der Waals surface area contributed by atoms with Crippen molar-refractivity contribution >= 4 is 6.09 Å². The zero-order valence-corrected chi connectivity index (χ0v) is 13.9. The second-order valence-electron chi connectivity index (χ2n) is 5.85. The Morgan fingerprint density at radius 3 is 2.55 bits per heavy atom. The maximum atomic E-state index is 11.5. The number of aryl methyl sites for hydroxylation is 1. The number of amides is 1. The standard InChI is InChI=1S/C17H26N2O3/c1-12-11-14(5-6-16(12)21-3)13(2)18-15-7-9-19(10-8-15)17(20)22-4/h5-6,11,13,15,18H,7-10H2,1-4H3/t13-/m0/s1. The van der Waals surface area contributed by atoms with E-state index in [1.54, 1.807) is 12.0 Å². The minimum absolute atomic E-state index is 0.225. The number of methoxy groups -OCH3 is 2. The first-order valence-corrected chi connectivity index (χ1v) is 7.78. The molecule has 1 saturated heterocycles. The number of carbonyl (C=O) groups excluding carboxylic acids is 1. The number of hydrogen-bond acceptors (Lipinski definition) is 4. The Morgan fingerprint density at radius 2 is 2.00 bits per heavy atom. The van der Waals surface area contributed by atoms with Crippen molar-refractivity contribution in [3.63, 3.8) is 0 Å². The molecule has 0 aliphatic carbocycles. The summed E-state index contributed by atoms with van der Waals surface area (Å²) < 4.78 is 10.1. The summed E-state index contributed by atoms with van der Waals surface area (Å²) in [5.74, 6) is 0.919. The summed E-state index contributed by atoms with van der Waals surface area (Å²) in [4.78, 5) is 13.3. The molecule has 1 atom stereocenters. The molecule has 5 heteroatoms. The number of nitrogens with zero attached hydrogens (tertiary/aromatic N) is 1. The van der Waals surface area contributed by atoms with Gasteiger partial charge in [-0.3, -0.25) is 0 Å². The van der Waals surface area contributed by atoms with Gasteiger partial charge in [-0.2, -0.15) is 0 Å². The van der Waals surface area contributed by atoms with E-state index in [0.29, 0.717) is 6.04 Å². The molecule has 1 aromatic rings. The van der Waals surface area contributed by atoms with Crippen molar-refractivity contribution in [3.05, 3.63) is 29.3 Å². The summed E-state index contributed by atoms with van der Waals surface area (Å²) in [5, 5.41) is 3.66. The Morgan fingerprint density at radius 1 is 1.32 bits per heavy atom. The molecule has 2 rings (SSSR count). The molecule has 1 amide bonds. The topological polar surface area (TPSA) is 50.8 Å². The lowest BCUT2D eigenvalue weighted by Gasteiger charge is -2.33. The Bertz CT molecular complexity index is 511. The fourth-order valence-corrected chi connectivity index (χ4v) is 2.98. The highest BCUT2D eigenvalue weighted by Crippen LogP contribution is 2.23. The zero-order chi connectivity index (χ0) is 16.1. The van der Waals surface area contributed by atoms with Crippen molar-refractivity contribution in [2.45, 2.75) is 38.8 Å². The third-order valence-electron chi connectivity index (χ3n) is 4.33. The van der Waals surface area contributed by atoms with Crippen molar-refractivity contribution in [1.82, 2.24) is 10.2 Å². The fourth-order valence-electron chi connectivity index (χ4n) is 2.98. The third-order valence-corrected chi connectivity index (χ3v) is 4.33. The predicted octanol–water partition coefficient (Wildman–Crippen LogP) is 2.89. The van der Waals surface area contributed by atoms with Gasteiger partial charge in [-0.15, -0.1) is 0 Å². The Kier molecular flexibility index (Phi) is 5.66. The lowest BCUT2D eigenvalue weighted by molar-refractivity contribution is 0.109. The van der Waals surface area contributed by atoms with Crippen molar-refractivity contribution in [3.8, 4) is 5.75 Å². The summed E-state index contributed by atoms with van der Waals surface area (Å²) in [7, 11) is 3.12. The molecule has 1 aliphatic rings. The van der Waals surface area contributed by atoms with Crippen LogP contribution in [0.2, 0.25) is 0 Å². The molecule has 0 aromatic heterocycles. The van der Waals surface area contributed by atoms with Crippen molar-refractivity contribution < 1.29 is 14.3 Å². The molecule has 1 aliphatic heterocycles. The average molecular weight is 306 g/mol. The molecule has 0 saturated carbocycles. The summed E-state index contributed by atoms with van der Waals surface area (Å²) in [6.45, 7) is 5.73. The summed E-state index contributed by atoms with van der Waals surface area (Å²) in [5.41, 5.74) is 2.41. The molecule has 1 aromatic carbocycles. The second kappa shape index (κ2) is 7.49. The normalized spacial score (nSPS) is 17.2. The number of likely N-dealkylation sites (tertiary alicyclic amines) is 1. The van der Waals surface area contributed by atoms with Gasteiger partial charge in [0.2, 0.25) is 0 Å². The molecule has 0 spiro atoms. The van der Waals surface area contributed by atoms with Crippen LogP contribution in [0.1, 0.15) is 36.9 Å². The molecule has 5 nitrogen and oxygen atoms in total. The number of nitrogens with one attached hydrogen (secondary N) is 1. The maximum Gasteiger partial charge on any atom is 0.409 e. The molecule has 0 bridgehead atoms. The number of rotatable bonds is 4. The highest BCUT2D eigenvalue weighted by atomic mass is 16.5. The highest BCUT2D eigenvalue weighted by molar-refractivity contribution is 5.67. The fraction of sp³-hybridized carbons (Fsp3) is 0.588. The van der Waals surface area contributed by atoms with Crippen LogP contribution in [0, 0.1) is 6.92 Å². The highest BCUT2D eigenvalue weighted by Gasteiger charge is 2.24. The molecule has 0 radical (unpaired) electrons. The van der Waals surface area contributed by atoms with Crippen molar-refractivity contribution in [2.75, 3.05) is 27.3 Å². The van der Waals surface area contributed by atoms with E-state index >= 15 is 0 Å². The third kappa shape index (κ3) is 3.91. The minimum atomic E-state index is -0.225. The molecular weight excluding hydrogens is 280 g/mol. The van der Waals surface area contributed by atoms with Crippen LogP contribution < -0.4 is 10.1 Å². The van der Waals surface area contributed by atoms with Gasteiger partial charge in [0, 0.05) is 25.2 Å². The van der Waals surface area contributed by atoms with Gasteiger partial charge in [-0.1, -0.05) is 12.1 Å². The van der Waals surface area contributed by atoms with E-state index in [0.717, 1.165) is 37.2 Å². The Labute approximate surface area is 132 Å². The van der Waals surface area contributed by atoms with Crippen LogP contribution in [0.3, 0.4) is 0 Å². The van der Waals surface area contributed by atoms with Crippen LogP contribution in [-0.2, 0) is 4.74 Å². The Hall–Kier alpha value is -1.75. The van der Waals surface area contributed by atoms with Crippen LogP contribution >= 0.6 is 0 Å². The molecule has 1 N–H and O–H groups in total. The molecular formula is C17H26N2O3. The van der Waals surface area contributed by atoms with Crippen molar-refractivity contribution in [2.24, 2.45) is 0 Å². The average Bonchev–Trinajstić information content (AvgIpc) is 2.54.